The van der Waals surface area contributed by atoms with E-state index in [1.54, 1.807) is 0 Å². The molecule has 1 aliphatic rings. The summed E-state index contributed by atoms with van der Waals surface area (Å²) in [6, 6.07) is 7.63. The summed E-state index contributed by atoms with van der Waals surface area (Å²) in [4.78, 5) is 22.4. The van der Waals surface area contributed by atoms with E-state index in [0.29, 0.717) is 16.6 Å². The van der Waals surface area contributed by atoms with Crippen LogP contribution in [0.15, 0.2) is 24.3 Å². The van der Waals surface area contributed by atoms with Gasteiger partial charge in [0.1, 0.15) is 10.7 Å². The van der Waals surface area contributed by atoms with Crippen LogP contribution in [0.25, 0.3) is 11.4 Å². The molecule has 0 bridgehead atoms. The van der Waals surface area contributed by atoms with Crippen molar-refractivity contribution in [3.05, 3.63) is 45.7 Å². The average Bonchev–Trinajstić information content (AvgIpc) is 3.24. The number of thiazole rings is 1. The molecule has 0 unspecified atom stereocenters. The Morgan fingerprint density at radius 1 is 1.35 bits per heavy atom. The van der Waals surface area contributed by atoms with E-state index in [0.717, 1.165) is 40.6 Å². The minimum Gasteiger partial charge on any atom is -0.321 e. The van der Waals surface area contributed by atoms with Gasteiger partial charge < -0.3 is 5.32 Å². The summed E-state index contributed by atoms with van der Waals surface area (Å²) in [5, 5.41) is 11.3. The van der Waals surface area contributed by atoms with E-state index in [1.807, 2.05) is 31.2 Å². The maximum Gasteiger partial charge on any atom is 0.267 e. The number of anilines is 1. The number of hydrogen-bond acceptors (Lipinski definition) is 5. The number of nitrogens with one attached hydrogen (secondary N) is 2. The smallest absolute Gasteiger partial charge is 0.267 e. The molecule has 0 radical (unpaired) electrons. The summed E-state index contributed by atoms with van der Waals surface area (Å²) >= 11 is 1.47. The third kappa shape index (κ3) is 3.53. The van der Waals surface area contributed by atoms with Crippen LogP contribution >= 0.6 is 11.3 Å². The average molecular weight is 367 g/mol. The first-order valence-corrected chi connectivity index (χ1v) is 9.76. The third-order valence-corrected chi connectivity index (χ3v) is 5.57. The van der Waals surface area contributed by atoms with Crippen molar-refractivity contribution in [3.63, 3.8) is 0 Å². The van der Waals surface area contributed by atoms with Crippen molar-refractivity contribution in [1.29, 1.82) is 0 Å². The molecule has 7 heteroatoms. The highest BCUT2D eigenvalue weighted by Gasteiger charge is 2.27. The van der Waals surface area contributed by atoms with Gasteiger partial charge in [-0.15, -0.1) is 11.3 Å². The van der Waals surface area contributed by atoms with Crippen LogP contribution in [-0.2, 0) is 6.42 Å². The van der Waals surface area contributed by atoms with Crippen molar-refractivity contribution in [3.8, 4) is 11.4 Å². The second kappa shape index (κ2) is 6.99. The summed E-state index contributed by atoms with van der Waals surface area (Å²) in [5.74, 6) is 2.04. The summed E-state index contributed by atoms with van der Waals surface area (Å²) in [5.41, 5.74) is 2.41. The number of aromatic nitrogens is 4. The Morgan fingerprint density at radius 3 is 2.96 bits per heavy atom. The lowest BCUT2D eigenvalue weighted by Gasteiger charge is -2.05. The molecule has 0 aliphatic heterocycles. The molecule has 1 saturated carbocycles. The van der Waals surface area contributed by atoms with Gasteiger partial charge in [-0.05, 0) is 44.7 Å². The van der Waals surface area contributed by atoms with Gasteiger partial charge in [0.15, 0.2) is 5.82 Å². The number of H-pyrrole nitrogens is 1. The van der Waals surface area contributed by atoms with Gasteiger partial charge in [0.2, 0.25) is 0 Å². The molecule has 1 aliphatic carbocycles. The predicted molar refractivity (Wildman–Crippen MR) is 103 cm³/mol. The molecular formula is C19H21N5OS. The van der Waals surface area contributed by atoms with E-state index >= 15 is 0 Å². The van der Waals surface area contributed by atoms with Crippen molar-refractivity contribution in [1.82, 2.24) is 20.2 Å². The minimum atomic E-state index is -0.117. The van der Waals surface area contributed by atoms with E-state index in [2.05, 4.69) is 32.4 Å². The van der Waals surface area contributed by atoms with Gasteiger partial charge in [-0.2, -0.15) is 5.10 Å². The molecule has 1 aromatic carbocycles. The fourth-order valence-electron chi connectivity index (χ4n) is 2.85. The van der Waals surface area contributed by atoms with Crippen molar-refractivity contribution in [2.75, 3.05) is 5.32 Å². The summed E-state index contributed by atoms with van der Waals surface area (Å²) in [6.45, 7) is 3.99. The number of nitrogens with zero attached hydrogens (tertiary/aromatic N) is 3. The van der Waals surface area contributed by atoms with E-state index in [-0.39, 0.29) is 5.91 Å². The molecule has 134 valence electrons. The Labute approximate surface area is 156 Å². The first-order valence-electron chi connectivity index (χ1n) is 8.94. The van der Waals surface area contributed by atoms with Crippen LogP contribution in [-0.4, -0.2) is 26.1 Å². The van der Waals surface area contributed by atoms with E-state index in [9.17, 15) is 4.79 Å². The lowest BCUT2D eigenvalue weighted by atomic mass is 10.2. The number of carbonyl (C=O) groups is 1. The summed E-state index contributed by atoms with van der Waals surface area (Å²) < 4.78 is 0. The number of benzene rings is 1. The van der Waals surface area contributed by atoms with E-state index < -0.39 is 0 Å². The van der Waals surface area contributed by atoms with Gasteiger partial charge in [-0.3, -0.25) is 9.89 Å². The molecule has 2 aromatic heterocycles. The maximum absolute atomic E-state index is 12.6. The van der Waals surface area contributed by atoms with Crippen LogP contribution < -0.4 is 5.32 Å². The summed E-state index contributed by atoms with van der Waals surface area (Å²) in [7, 11) is 0. The monoisotopic (exact) mass is 367 g/mol. The number of amides is 1. The minimum absolute atomic E-state index is 0.117. The standard InChI is InChI=1S/C19H21N5OS/c1-3-5-15-20-11(2)16(26-15)19(25)21-14-7-4-6-13(10-14)18-22-17(23-24-18)12-8-9-12/h4,6-7,10,12H,3,5,8-9H2,1-2H3,(H,21,25)(H,22,23,24). The zero-order valence-electron chi connectivity index (χ0n) is 14.9. The van der Waals surface area contributed by atoms with Crippen LogP contribution in [0.3, 0.4) is 0 Å². The Balaban J connectivity index is 1.52. The fourth-order valence-corrected chi connectivity index (χ4v) is 3.91. The Hall–Kier alpha value is -2.54. The molecular weight excluding hydrogens is 346 g/mol. The largest absolute Gasteiger partial charge is 0.321 e. The fraction of sp³-hybridized carbons (Fsp3) is 0.368. The number of aromatic amines is 1. The number of hydrogen-bond donors (Lipinski definition) is 2. The predicted octanol–water partition coefficient (Wildman–Crippen LogP) is 4.32. The molecule has 0 spiro atoms. The number of rotatable bonds is 6. The zero-order valence-corrected chi connectivity index (χ0v) is 15.7. The molecule has 0 atom stereocenters. The van der Waals surface area contributed by atoms with Crippen LogP contribution in [0.5, 0.6) is 0 Å². The normalized spacial score (nSPS) is 13.8. The van der Waals surface area contributed by atoms with Crippen LogP contribution in [0.2, 0.25) is 0 Å². The molecule has 2 N–H and O–H groups in total. The maximum atomic E-state index is 12.6. The highest BCUT2D eigenvalue weighted by molar-refractivity contribution is 7.13. The van der Waals surface area contributed by atoms with Crippen LogP contribution in [0.4, 0.5) is 5.69 Å². The second-order valence-electron chi connectivity index (χ2n) is 6.63. The molecule has 6 nitrogen and oxygen atoms in total. The van der Waals surface area contributed by atoms with Gasteiger partial charge >= 0.3 is 0 Å². The van der Waals surface area contributed by atoms with E-state index in [1.165, 1.54) is 24.2 Å². The Morgan fingerprint density at radius 2 is 2.19 bits per heavy atom. The molecule has 1 fully saturated rings. The summed E-state index contributed by atoms with van der Waals surface area (Å²) in [6.07, 6.45) is 4.29. The lowest BCUT2D eigenvalue weighted by molar-refractivity contribution is 0.103. The Kier molecular flexibility index (Phi) is 4.55. The van der Waals surface area contributed by atoms with Gasteiger partial charge in [0.25, 0.3) is 5.91 Å². The van der Waals surface area contributed by atoms with Crippen molar-refractivity contribution in [2.45, 2.75) is 45.4 Å². The van der Waals surface area contributed by atoms with Gasteiger partial charge in [-0.25, -0.2) is 9.97 Å². The van der Waals surface area contributed by atoms with Crippen molar-refractivity contribution < 1.29 is 4.79 Å². The number of carbonyl (C=O) groups excluding carboxylic acids is 1. The van der Waals surface area contributed by atoms with Crippen LogP contribution in [0.1, 0.15) is 58.3 Å². The number of aryl methyl sites for hydroxylation is 2. The first-order chi connectivity index (χ1) is 12.6. The van der Waals surface area contributed by atoms with Crippen molar-refractivity contribution in [2.24, 2.45) is 0 Å². The van der Waals surface area contributed by atoms with E-state index in [4.69, 9.17) is 0 Å². The lowest BCUT2D eigenvalue weighted by Crippen LogP contribution is -2.11. The highest BCUT2D eigenvalue weighted by Crippen LogP contribution is 2.38. The third-order valence-electron chi connectivity index (χ3n) is 4.36. The molecule has 4 rings (SSSR count). The SMILES string of the molecule is CCCc1nc(C)c(C(=O)Nc2cccc(-c3n[nH]c(C4CC4)n3)c2)s1. The quantitative estimate of drug-likeness (QED) is 0.680. The van der Waals surface area contributed by atoms with Gasteiger partial charge in [0, 0.05) is 17.2 Å². The topological polar surface area (TPSA) is 83.6 Å². The molecule has 26 heavy (non-hydrogen) atoms. The highest BCUT2D eigenvalue weighted by atomic mass is 32.1. The second-order valence-corrected chi connectivity index (χ2v) is 7.71. The van der Waals surface area contributed by atoms with Gasteiger partial charge in [-0.1, -0.05) is 19.1 Å². The molecule has 1 amide bonds. The Bertz CT molecular complexity index is 941. The molecule has 2 heterocycles. The van der Waals surface area contributed by atoms with Crippen LogP contribution in [0, 0.1) is 6.92 Å². The molecule has 3 aromatic rings. The first kappa shape index (κ1) is 16.9. The van der Waals surface area contributed by atoms with Crippen molar-refractivity contribution >= 4 is 22.9 Å². The molecule has 0 saturated heterocycles. The zero-order chi connectivity index (χ0) is 18.1. The van der Waals surface area contributed by atoms with Gasteiger partial charge in [0.05, 0.1) is 10.7 Å².